The third-order valence-corrected chi connectivity index (χ3v) is 2.24. The molecule has 0 fully saturated rings. The molecule has 0 aliphatic carbocycles. The van der Waals surface area contributed by atoms with E-state index in [2.05, 4.69) is 20.3 Å². The van der Waals surface area contributed by atoms with E-state index in [-0.39, 0.29) is 18.4 Å². The van der Waals surface area contributed by atoms with Crippen LogP contribution in [0.15, 0.2) is 28.3 Å². The Morgan fingerprint density at radius 3 is 3.06 bits per heavy atom. The highest BCUT2D eigenvalue weighted by molar-refractivity contribution is 5.90. The molecule has 0 aromatic carbocycles. The molecule has 17 heavy (non-hydrogen) atoms. The van der Waals surface area contributed by atoms with Crippen LogP contribution < -0.4 is 5.32 Å². The number of nitrogens with one attached hydrogen (secondary N) is 1. The molecule has 0 spiro atoms. The van der Waals surface area contributed by atoms with Crippen molar-refractivity contribution >= 4 is 24.3 Å². The lowest BCUT2D eigenvalue weighted by atomic mass is 10.1. The molecule has 0 saturated carbocycles. The number of anilines is 1. The van der Waals surface area contributed by atoms with Crippen LogP contribution >= 0.6 is 0 Å². The Morgan fingerprint density at radius 2 is 2.41 bits per heavy atom. The van der Waals surface area contributed by atoms with Crippen LogP contribution in [0.3, 0.4) is 0 Å². The Hall–Kier alpha value is -2.11. The zero-order valence-corrected chi connectivity index (χ0v) is 9.01. The van der Waals surface area contributed by atoms with Crippen LogP contribution in [0.2, 0.25) is 0 Å². The van der Waals surface area contributed by atoms with Crippen molar-refractivity contribution in [2.45, 2.75) is 18.9 Å². The van der Waals surface area contributed by atoms with Gasteiger partial charge < -0.3 is 5.32 Å². The fraction of sp³-hybridized carbons (Fsp3) is 0.273. The summed E-state index contributed by atoms with van der Waals surface area (Å²) in [6.45, 7) is 0. The molecule has 2 rings (SSSR count). The van der Waals surface area contributed by atoms with Gasteiger partial charge in [0.15, 0.2) is 0 Å². The zero-order chi connectivity index (χ0) is 12.1. The molecule has 1 aromatic rings. The average Bonchev–Trinajstić information content (AvgIpc) is 2.33. The highest BCUT2D eigenvalue weighted by atomic mass is 19.1. The summed E-state index contributed by atoms with van der Waals surface area (Å²) >= 11 is 0. The second-order valence-electron chi connectivity index (χ2n) is 3.60. The Balaban J connectivity index is 1.86. The highest BCUT2D eigenvalue weighted by Crippen LogP contribution is 2.08. The van der Waals surface area contributed by atoms with Gasteiger partial charge in [-0.1, -0.05) is 0 Å². The van der Waals surface area contributed by atoms with E-state index in [4.69, 9.17) is 0 Å². The molecule has 1 N–H and O–H groups in total. The van der Waals surface area contributed by atoms with Crippen molar-refractivity contribution in [3.8, 4) is 0 Å². The largest absolute Gasteiger partial charge is 0.311 e. The summed E-state index contributed by atoms with van der Waals surface area (Å²) < 4.78 is 12.6. The number of carbonyl (C=O) groups excluding carboxylic acids is 1. The van der Waals surface area contributed by atoms with Crippen molar-refractivity contribution in [3.05, 3.63) is 24.1 Å². The second-order valence-corrected chi connectivity index (χ2v) is 3.60. The molecule has 0 bridgehead atoms. The number of halogens is 1. The molecule has 1 aliphatic heterocycles. The van der Waals surface area contributed by atoms with E-state index in [9.17, 15) is 9.18 Å². The maximum absolute atomic E-state index is 12.6. The van der Waals surface area contributed by atoms with Crippen LogP contribution in [0.25, 0.3) is 0 Å². The minimum absolute atomic E-state index is 0.0760. The van der Waals surface area contributed by atoms with Crippen LogP contribution in [0, 0.1) is 5.82 Å². The lowest BCUT2D eigenvalue weighted by Crippen LogP contribution is -2.20. The number of hydrogen-bond donors (Lipinski definition) is 1. The zero-order valence-electron chi connectivity index (χ0n) is 9.01. The Kier molecular flexibility index (Phi) is 3.54. The number of nitrogens with zero attached hydrogens (tertiary/aromatic N) is 3. The molecule has 1 atom stereocenters. The molecule has 88 valence electrons. The normalized spacial score (nSPS) is 18.1. The van der Waals surface area contributed by atoms with Gasteiger partial charge >= 0.3 is 0 Å². The first-order valence-electron chi connectivity index (χ1n) is 5.19. The van der Waals surface area contributed by atoms with Crippen molar-refractivity contribution in [1.82, 2.24) is 4.98 Å². The number of rotatable bonds is 3. The summed E-state index contributed by atoms with van der Waals surface area (Å²) in [6.07, 6.45) is 5.14. The molecule has 1 aliphatic rings. The quantitative estimate of drug-likeness (QED) is 0.859. The van der Waals surface area contributed by atoms with Crippen molar-refractivity contribution < 1.29 is 9.18 Å². The van der Waals surface area contributed by atoms with Crippen molar-refractivity contribution in [3.63, 3.8) is 0 Å². The molecule has 0 radical (unpaired) electrons. The van der Waals surface area contributed by atoms with Crippen molar-refractivity contribution in [1.29, 1.82) is 0 Å². The van der Waals surface area contributed by atoms with Crippen LogP contribution in [0.4, 0.5) is 10.2 Å². The van der Waals surface area contributed by atoms with Crippen LogP contribution in [-0.2, 0) is 4.79 Å². The van der Waals surface area contributed by atoms with Crippen LogP contribution in [0.5, 0.6) is 0 Å². The van der Waals surface area contributed by atoms with E-state index in [1.165, 1.54) is 18.5 Å². The Labute approximate surface area is 97.5 Å². The number of carbonyl (C=O) groups is 1. The molecular weight excluding hydrogens is 223 g/mol. The first kappa shape index (κ1) is 11.4. The third kappa shape index (κ3) is 3.44. The predicted octanol–water partition coefficient (Wildman–Crippen LogP) is 1.42. The standard InChI is InChI=1S/C11H11FN4O/c12-8-1-2-10(14-6-8)16-11(17)5-9-3-4-13-7-15-9/h1-2,4,6-7,9H,3,5H2,(H,14,16,17). The maximum Gasteiger partial charge on any atom is 0.227 e. The molecular formula is C11H11FN4O. The van der Waals surface area contributed by atoms with Gasteiger partial charge in [0.1, 0.15) is 18.0 Å². The lowest BCUT2D eigenvalue weighted by molar-refractivity contribution is -0.116. The van der Waals surface area contributed by atoms with Crippen molar-refractivity contribution in [2.75, 3.05) is 5.32 Å². The van der Waals surface area contributed by atoms with E-state index in [1.807, 2.05) is 0 Å². The van der Waals surface area contributed by atoms with Gasteiger partial charge in [0.05, 0.1) is 12.2 Å². The summed E-state index contributed by atoms with van der Waals surface area (Å²) in [6, 6.07) is 2.58. The molecule has 1 unspecified atom stereocenters. The first-order valence-corrected chi connectivity index (χ1v) is 5.19. The SMILES string of the molecule is O=C(CC1CC=NC=N1)Nc1ccc(F)cn1. The second kappa shape index (κ2) is 5.29. The van der Waals surface area contributed by atoms with Gasteiger partial charge in [0.2, 0.25) is 5.91 Å². The van der Waals surface area contributed by atoms with Gasteiger partial charge in [-0.2, -0.15) is 0 Å². The summed E-state index contributed by atoms with van der Waals surface area (Å²) in [4.78, 5) is 23.2. The smallest absolute Gasteiger partial charge is 0.227 e. The van der Waals surface area contributed by atoms with Gasteiger partial charge in [-0.15, -0.1) is 0 Å². The number of aromatic nitrogens is 1. The summed E-state index contributed by atoms with van der Waals surface area (Å²) in [5.41, 5.74) is 0. The molecule has 1 aromatic heterocycles. The average molecular weight is 234 g/mol. The van der Waals surface area contributed by atoms with Gasteiger partial charge in [0.25, 0.3) is 0 Å². The van der Waals surface area contributed by atoms with E-state index in [1.54, 1.807) is 6.21 Å². The number of amides is 1. The van der Waals surface area contributed by atoms with Gasteiger partial charge in [-0.25, -0.2) is 14.4 Å². The molecule has 5 nitrogen and oxygen atoms in total. The van der Waals surface area contributed by atoms with Gasteiger partial charge in [-0.05, 0) is 12.1 Å². The van der Waals surface area contributed by atoms with Crippen molar-refractivity contribution in [2.24, 2.45) is 9.98 Å². The number of hydrogen-bond acceptors (Lipinski definition) is 4. The monoisotopic (exact) mass is 234 g/mol. The lowest BCUT2D eigenvalue weighted by Gasteiger charge is -2.11. The Morgan fingerprint density at radius 1 is 1.53 bits per heavy atom. The maximum atomic E-state index is 12.6. The summed E-state index contributed by atoms with van der Waals surface area (Å²) in [7, 11) is 0. The van der Waals surface area contributed by atoms with E-state index in [0.717, 1.165) is 6.20 Å². The fourth-order valence-electron chi connectivity index (χ4n) is 1.42. The summed E-state index contributed by atoms with van der Waals surface area (Å²) in [5, 5.41) is 2.58. The van der Waals surface area contributed by atoms with Gasteiger partial charge in [0, 0.05) is 19.1 Å². The molecule has 6 heteroatoms. The highest BCUT2D eigenvalue weighted by Gasteiger charge is 2.13. The van der Waals surface area contributed by atoms with E-state index < -0.39 is 5.82 Å². The number of aliphatic imine (C=N–C) groups is 2. The Bertz CT molecular complexity index is 455. The van der Waals surface area contributed by atoms with E-state index >= 15 is 0 Å². The topological polar surface area (TPSA) is 66.7 Å². The first-order chi connectivity index (χ1) is 8.24. The van der Waals surface area contributed by atoms with Crippen LogP contribution in [0.1, 0.15) is 12.8 Å². The number of pyridine rings is 1. The summed E-state index contributed by atoms with van der Waals surface area (Å²) in [5.74, 6) is -0.289. The van der Waals surface area contributed by atoms with Crippen LogP contribution in [-0.4, -0.2) is 29.5 Å². The molecule has 0 saturated heterocycles. The molecule has 2 heterocycles. The van der Waals surface area contributed by atoms with E-state index in [0.29, 0.717) is 12.2 Å². The minimum Gasteiger partial charge on any atom is -0.311 e. The fourth-order valence-corrected chi connectivity index (χ4v) is 1.42. The molecule has 1 amide bonds. The third-order valence-electron chi connectivity index (χ3n) is 2.24. The predicted molar refractivity (Wildman–Crippen MR) is 62.8 cm³/mol. The minimum atomic E-state index is -0.434. The van der Waals surface area contributed by atoms with Gasteiger partial charge in [-0.3, -0.25) is 9.79 Å².